The van der Waals surface area contributed by atoms with E-state index in [1.54, 1.807) is 24.3 Å². The van der Waals surface area contributed by atoms with Crippen molar-refractivity contribution in [3.8, 4) is 11.4 Å². The number of carbonyl (C=O) groups is 1. The lowest BCUT2D eigenvalue weighted by molar-refractivity contribution is -0.274. The fourth-order valence-corrected chi connectivity index (χ4v) is 4.43. The second-order valence-corrected chi connectivity index (χ2v) is 9.25. The second kappa shape index (κ2) is 11.2. The third-order valence-electron chi connectivity index (χ3n) is 4.96. The summed E-state index contributed by atoms with van der Waals surface area (Å²) in [6, 6.07) is 14.0. The van der Waals surface area contributed by atoms with Gasteiger partial charge in [-0.25, -0.2) is 14.6 Å². The molecule has 192 valence electrons. The number of hydrogen-bond acceptors (Lipinski definition) is 7. The molecule has 0 aliphatic rings. The van der Waals surface area contributed by atoms with Crippen LogP contribution < -0.4 is 10.1 Å². The van der Waals surface area contributed by atoms with Gasteiger partial charge >= 0.3 is 6.36 Å². The van der Waals surface area contributed by atoms with E-state index in [4.69, 9.17) is 11.6 Å². The van der Waals surface area contributed by atoms with E-state index in [2.05, 4.69) is 30.3 Å². The van der Waals surface area contributed by atoms with Crippen molar-refractivity contribution in [1.29, 1.82) is 0 Å². The van der Waals surface area contributed by atoms with Crippen LogP contribution >= 0.6 is 23.4 Å². The Bertz CT molecular complexity index is 1380. The lowest BCUT2D eigenvalue weighted by atomic mass is 10.2. The number of hydrogen-bond donors (Lipinski definition) is 1. The molecule has 8 nitrogen and oxygen atoms in total. The third kappa shape index (κ3) is 7.20. The minimum absolute atomic E-state index is 0.0708. The largest absolute Gasteiger partial charge is 0.573 e. The van der Waals surface area contributed by atoms with Gasteiger partial charge in [0.2, 0.25) is 0 Å². The van der Waals surface area contributed by atoms with E-state index in [9.17, 15) is 18.0 Å². The zero-order valence-corrected chi connectivity index (χ0v) is 21.2. The molecular weight excluding hydrogens is 529 g/mol. The Morgan fingerprint density at radius 3 is 2.32 bits per heavy atom. The first-order chi connectivity index (χ1) is 17.6. The van der Waals surface area contributed by atoms with Crippen LogP contribution in [0.1, 0.15) is 33.1 Å². The van der Waals surface area contributed by atoms with Crippen molar-refractivity contribution in [3.05, 3.63) is 88.0 Å². The molecule has 4 aromatic rings. The number of thioether (sulfide) groups is 1. The maximum absolute atomic E-state index is 13.0. The van der Waals surface area contributed by atoms with E-state index >= 15 is 0 Å². The molecule has 2 aromatic carbocycles. The Hall–Kier alpha value is -3.64. The number of halogens is 4. The standard InChI is InChI=1S/C24H20ClF3N6O2S/c1-14-11-15(2)31-23(30-14)37-13-20-21(22(35)29-12-16-3-5-17(25)6-4-16)32-33-34(20)18-7-9-19(10-8-18)36-24(26,27)28/h3-11H,12-13H2,1-2H3,(H,29,35). The predicted molar refractivity (Wildman–Crippen MR) is 132 cm³/mol. The normalized spacial score (nSPS) is 11.4. The molecule has 2 heterocycles. The smallest absolute Gasteiger partial charge is 0.406 e. The van der Waals surface area contributed by atoms with Crippen LogP contribution in [0.3, 0.4) is 0 Å². The maximum Gasteiger partial charge on any atom is 0.573 e. The van der Waals surface area contributed by atoms with E-state index in [1.807, 2.05) is 19.9 Å². The Balaban J connectivity index is 1.60. The quantitative estimate of drug-likeness (QED) is 0.231. The van der Waals surface area contributed by atoms with Crippen molar-refractivity contribution in [3.63, 3.8) is 0 Å². The van der Waals surface area contributed by atoms with Gasteiger partial charge in [-0.05, 0) is 61.9 Å². The zero-order valence-electron chi connectivity index (χ0n) is 19.6. The molecule has 0 saturated carbocycles. The van der Waals surface area contributed by atoms with Crippen LogP contribution in [0.15, 0.2) is 59.8 Å². The molecule has 13 heteroatoms. The van der Waals surface area contributed by atoms with Gasteiger partial charge in [-0.15, -0.1) is 18.3 Å². The first kappa shape index (κ1) is 26.4. The van der Waals surface area contributed by atoms with Crippen LogP contribution in [-0.2, 0) is 12.3 Å². The molecule has 37 heavy (non-hydrogen) atoms. The number of aryl methyl sites for hydroxylation is 2. The highest BCUT2D eigenvalue weighted by molar-refractivity contribution is 7.98. The minimum Gasteiger partial charge on any atom is -0.406 e. The van der Waals surface area contributed by atoms with Crippen LogP contribution in [0, 0.1) is 13.8 Å². The summed E-state index contributed by atoms with van der Waals surface area (Å²) in [6.45, 7) is 3.94. The highest BCUT2D eigenvalue weighted by atomic mass is 35.5. The number of rotatable bonds is 8. The van der Waals surface area contributed by atoms with Crippen molar-refractivity contribution >= 4 is 29.3 Å². The number of amides is 1. The molecule has 0 fully saturated rings. The molecule has 0 unspecified atom stereocenters. The molecule has 1 amide bonds. The van der Waals surface area contributed by atoms with Crippen molar-refractivity contribution in [2.45, 2.75) is 37.7 Å². The van der Waals surface area contributed by atoms with Crippen LogP contribution in [0.25, 0.3) is 5.69 Å². The Morgan fingerprint density at radius 2 is 1.70 bits per heavy atom. The fourth-order valence-electron chi connectivity index (χ4n) is 3.36. The van der Waals surface area contributed by atoms with Crippen LogP contribution in [0.4, 0.5) is 13.2 Å². The summed E-state index contributed by atoms with van der Waals surface area (Å²) in [6.07, 6.45) is -4.81. The molecule has 0 saturated heterocycles. The molecule has 0 aliphatic carbocycles. The van der Waals surface area contributed by atoms with E-state index in [0.717, 1.165) is 29.1 Å². The van der Waals surface area contributed by atoms with Gasteiger partial charge in [-0.2, -0.15) is 0 Å². The molecule has 1 N–H and O–H groups in total. The monoisotopic (exact) mass is 548 g/mol. The first-order valence-corrected chi connectivity index (χ1v) is 12.2. The van der Waals surface area contributed by atoms with Gasteiger partial charge in [-0.3, -0.25) is 4.79 Å². The highest BCUT2D eigenvalue weighted by Gasteiger charge is 2.31. The lowest BCUT2D eigenvalue weighted by Gasteiger charge is -2.11. The van der Waals surface area contributed by atoms with Crippen molar-refractivity contribution < 1.29 is 22.7 Å². The summed E-state index contributed by atoms with van der Waals surface area (Å²) >= 11 is 7.20. The molecule has 4 rings (SSSR count). The summed E-state index contributed by atoms with van der Waals surface area (Å²) in [5.74, 6) is -0.618. The number of nitrogens with zero attached hydrogens (tertiary/aromatic N) is 5. The van der Waals surface area contributed by atoms with Gasteiger partial charge < -0.3 is 10.1 Å². The van der Waals surface area contributed by atoms with Gasteiger partial charge in [0.15, 0.2) is 10.9 Å². The molecule has 0 aliphatic heterocycles. The van der Waals surface area contributed by atoms with E-state index in [0.29, 0.717) is 21.6 Å². The van der Waals surface area contributed by atoms with Crippen molar-refractivity contribution in [2.24, 2.45) is 0 Å². The highest BCUT2D eigenvalue weighted by Crippen LogP contribution is 2.27. The Morgan fingerprint density at radius 1 is 1.05 bits per heavy atom. The number of aromatic nitrogens is 5. The van der Waals surface area contributed by atoms with Crippen molar-refractivity contribution in [2.75, 3.05) is 0 Å². The topological polar surface area (TPSA) is 94.8 Å². The van der Waals surface area contributed by atoms with Gasteiger partial charge in [0.25, 0.3) is 5.91 Å². The van der Waals surface area contributed by atoms with Crippen LogP contribution in [0.5, 0.6) is 5.75 Å². The molecule has 0 bridgehead atoms. The van der Waals surface area contributed by atoms with Gasteiger partial charge in [-0.1, -0.05) is 40.7 Å². The van der Waals surface area contributed by atoms with E-state index in [1.165, 1.54) is 28.6 Å². The van der Waals surface area contributed by atoms with Gasteiger partial charge in [0.05, 0.1) is 11.4 Å². The summed E-state index contributed by atoms with van der Waals surface area (Å²) < 4.78 is 42.9. The third-order valence-corrected chi connectivity index (χ3v) is 6.07. The molecule has 0 radical (unpaired) electrons. The van der Waals surface area contributed by atoms with Gasteiger partial charge in [0.1, 0.15) is 5.75 Å². The molecule has 0 spiro atoms. The van der Waals surface area contributed by atoms with Crippen molar-refractivity contribution in [1.82, 2.24) is 30.3 Å². The van der Waals surface area contributed by atoms with Gasteiger partial charge in [0, 0.05) is 28.7 Å². The fraction of sp³-hybridized carbons (Fsp3) is 0.208. The zero-order chi connectivity index (χ0) is 26.6. The van der Waals surface area contributed by atoms with Crippen LogP contribution in [-0.4, -0.2) is 37.2 Å². The Labute approximate surface area is 219 Å². The lowest BCUT2D eigenvalue weighted by Crippen LogP contribution is -2.24. The van der Waals surface area contributed by atoms with E-state index in [-0.39, 0.29) is 23.7 Å². The molecule has 2 aromatic heterocycles. The number of ether oxygens (including phenoxy) is 1. The number of alkyl halides is 3. The molecular formula is C24H20ClF3N6O2S. The summed E-state index contributed by atoms with van der Waals surface area (Å²) in [5.41, 5.74) is 3.32. The Kier molecular flexibility index (Phi) is 7.98. The summed E-state index contributed by atoms with van der Waals surface area (Å²) in [5, 5.41) is 12.1. The number of benzene rings is 2. The minimum atomic E-state index is -4.81. The van der Waals surface area contributed by atoms with Crippen LogP contribution in [0.2, 0.25) is 5.02 Å². The number of carbonyl (C=O) groups excluding carboxylic acids is 1. The predicted octanol–water partition coefficient (Wildman–Crippen LogP) is 5.45. The molecule has 0 atom stereocenters. The second-order valence-electron chi connectivity index (χ2n) is 7.87. The average Bonchev–Trinajstić information content (AvgIpc) is 3.25. The summed E-state index contributed by atoms with van der Waals surface area (Å²) in [7, 11) is 0. The van der Waals surface area contributed by atoms with E-state index < -0.39 is 12.3 Å². The summed E-state index contributed by atoms with van der Waals surface area (Å²) in [4.78, 5) is 21.9. The SMILES string of the molecule is Cc1cc(C)nc(SCc2c(C(=O)NCc3ccc(Cl)cc3)nnn2-c2ccc(OC(F)(F)F)cc2)n1. The number of nitrogens with one attached hydrogen (secondary N) is 1. The first-order valence-electron chi connectivity index (χ1n) is 10.9. The maximum atomic E-state index is 13.0. The average molecular weight is 549 g/mol.